The number of anilines is 2. The van der Waals surface area contributed by atoms with Gasteiger partial charge in [-0.15, -0.1) is 10.2 Å². The average molecular weight is 458 g/mol. The quantitative estimate of drug-likeness (QED) is 0.487. The highest BCUT2D eigenvalue weighted by molar-refractivity contribution is 7.99. The van der Waals surface area contributed by atoms with Crippen LogP contribution in [0.2, 0.25) is 5.02 Å². The first-order valence-corrected chi connectivity index (χ1v) is 11.2. The summed E-state index contributed by atoms with van der Waals surface area (Å²) in [5, 5.41) is 15.3. The smallest absolute Gasteiger partial charge is 0.234 e. The summed E-state index contributed by atoms with van der Waals surface area (Å²) in [4.78, 5) is 24.8. The van der Waals surface area contributed by atoms with Crippen molar-refractivity contribution in [3.63, 3.8) is 0 Å². The van der Waals surface area contributed by atoms with Crippen molar-refractivity contribution < 1.29 is 9.59 Å². The molecule has 0 aliphatic rings. The predicted molar refractivity (Wildman–Crippen MR) is 125 cm³/mol. The third-order valence-electron chi connectivity index (χ3n) is 4.77. The maximum absolute atomic E-state index is 12.4. The Hall–Kier alpha value is -2.84. The van der Waals surface area contributed by atoms with E-state index in [-0.39, 0.29) is 24.0 Å². The topological polar surface area (TPSA) is 88.9 Å². The van der Waals surface area contributed by atoms with E-state index in [0.717, 1.165) is 16.8 Å². The van der Waals surface area contributed by atoms with Gasteiger partial charge in [-0.2, -0.15) is 0 Å². The lowest BCUT2D eigenvalue weighted by atomic mass is 10.1. The molecule has 0 fully saturated rings. The molecule has 2 N–H and O–H groups in total. The monoisotopic (exact) mass is 457 g/mol. The van der Waals surface area contributed by atoms with E-state index in [0.29, 0.717) is 28.2 Å². The fourth-order valence-electron chi connectivity index (χ4n) is 2.96. The Kier molecular flexibility index (Phi) is 7.70. The van der Waals surface area contributed by atoms with E-state index >= 15 is 0 Å². The van der Waals surface area contributed by atoms with Crippen LogP contribution in [0.1, 0.15) is 23.9 Å². The van der Waals surface area contributed by atoms with Crippen LogP contribution in [0.15, 0.2) is 47.6 Å². The van der Waals surface area contributed by atoms with E-state index in [1.165, 1.54) is 11.8 Å². The molecule has 3 aromatic rings. The van der Waals surface area contributed by atoms with Gasteiger partial charge in [0.1, 0.15) is 5.82 Å². The first kappa shape index (κ1) is 22.8. The minimum atomic E-state index is -0.200. The lowest BCUT2D eigenvalue weighted by molar-refractivity contribution is -0.116. The Labute approximate surface area is 190 Å². The van der Waals surface area contributed by atoms with Crippen LogP contribution in [0.3, 0.4) is 0 Å². The van der Waals surface area contributed by atoms with Crippen LogP contribution in [-0.2, 0) is 22.6 Å². The number of rotatable bonds is 8. The summed E-state index contributed by atoms with van der Waals surface area (Å²) in [7, 11) is 0. The molecule has 1 heterocycles. The summed E-state index contributed by atoms with van der Waals surface area (Å²) in [5.41, 5.74) is 3.64. The van der Waals surface area contributed by atoms with Gasteiger partial charge in [-0.3, -0.25) is 9.59 Å². The summed E-state index contributed by atoms with van der Waals surface area (Å²) in [6.07, 6.45) is 0.0821. The van der Waals surface area contributed by atoms with Crippen LogP contribution in [-0.4, -0.2) is 32.3 Å². The van der Waals surface area contributed by atoms with Crippen molar-refractivity contribution in [3.05, 3.63) is 64.4 Å². The lowest BCUT2D eigenvalue weighted by Gasteiger charge is -2.10. The highest BCUT2D eigenvalue weighted by Gasteiger charge is 2.16. The van der Waals surface area contributed by atoms with Gasteiger partial charge in [0, 0.05) is 22.9 Å². The van der Waals surface area contributed by atoms with Crippen LogP contribution < -0.4 is 10.6 Å². The standard InChI is InChI=1S/C22H24ClN5O2S/c1-4-28-19(12-20(29)24-17-10-8-16(23)9-11-17)26-27-22(28)31-13-21(30)25-18-7-5-6-14(2)15(18)3/h5-11H,4,12-13H2,1-3H3,(H,24,29)(H,25,30). The average Bonchev–Trinajstić information content (AvgIpc) is 3.13. The Morgan fingerprint density at radius 3 is 2.48 bits per heavy atom. The zero-order valence-electron chi connectivity index (χ0n) is 17.6. The molecule has 0 atom stereocenters. The second-order valence-electron chi connectivity index (χ2n) is 6.96. The van der Waals surface area contributed by atoms with Crippen molar-refractivity contribution in [3.8, 4) is 0 Å². The van der Waals surface area contributed by atoms with E-state index in [1.807, 2.05) is 43.5 Å². The molecule has 0 radical (unpaired) electrons. The van der Waals surface area contributed by atoms with Crippen LogP contribution in [0, 0.1) is 13.8 Å². The van der Waals surface area contributed by atoms with Gasteiger partial charge >= 0.3 is 0 Å². The molecule has 0 spiro atoms. The molecule has 0 bridgehead atoms. The molecule has 9 heteroatoms. The molecule has 31 heavy (non-hydrogen) atoms. The SMILES string of the molecule is CCn1c(CC(=O)Nc2ccc(Cl)cc2)nnc1SCC(=O)Nc1cccc(C)c1C. The van der Waals surface area contributed by atoms with Crippen molar-refractivity contribution in [1.82, 2.24) is 14.8 Å². The van der Waals surface area contributed by atoms with E-state index in [9.17, 15) is 9.59 Å². The number of benzene rings is 2. The summed E-state index contributed by atoms with van der Waals surface area (Å²) in [6.45, 7) is 6.53. The number of carbonyl (C=O) groups excluding carboxylic acids is 2. The minimum Gasteiger partial charge on any atom is -0.326 e. The second kappa shape index (κ2) is 10.5. The molecular formula is C22H24ClN5O2S. The van der Waals surface area contributed by atoms with E-state index in [4.69, 9.17) is 11.6 Å². The molecule has 0 saturated heterocycles. The molecule has 162 valence electrons. The molecule has 0 unspecified atom stereocenters. The molecule has 2 aromatic carbocycles. The van der Waals surface area contributed by atoms with Crippen molar-refractivity contribution in [2.24, 2.45) is 0 Å². The number of amides is 2. The molecule has 7 nitrogen and oxygen atoms in total. The van der Waals surface area contributed by atoms with Crippen molar-refractivity contribution in [1.29, 1.82) is 0 Å². The van der Waals surface area contributed by atoms with Gasteiger partial charge in [-0.05, 0) is 62.2 Å². The van der Waals surface area contributed by atoms with Crippen LogP contribution in [0.4, 0.5) is 11.4 Å². The first-order valence-electron chi connectivity index (χ1n) is 9.83. The number of nitrogens with one attached hydrogen (secondary N) is 2. The molecule has 1 aromatic heterocycles. The summed E-state index contributed by atoms with van der Waals surface area (Å²) in [5.74, 6) is 0.425. The molecule has 0 aliphatic heterocycles. The normalized spacial score (nSPS) is 10.7. The molecule has 0 aliphatic carbocycles. The maximum Gasteiger partial charge on any atom is 0.234 e. The van der Waals surface area contributed by atoms with Crippen molar-refractivity contribution in [2.45, 2.75) is 38.9 Å². The van der Waals surface area contributed by atoms with Gasteiger partial charge in [0.05, 0.1) is 12.2 Å². The number of aryl methyl sites for hydroxylation is 1. The van der Waals surface area contributed by atoms with E-state index in [1.54, 1.807) is 24.3 Å². The van der Waals surface area contributed by atoms with E-state index < -0.39 is 0 Å². The summed E-state index contributed by atoms with van der Waals surface area (Å²) >= 11 is 7.16. The van der Waals surface area contributed by atoms with Crippen molar-refractivity contribution >= 4 is 46.6 Å². The molecule has 0 saturated carbocycles. The summed E-state index contributed by atoms with van der Waals surface area (Å²) < 4.78 is 1.84. The zero-order valence-corrected chi connectivity index (χ0v) is 19.2. The first-order chi connectivity index (χ1) is 14.9. The zero-order chi connectivity index (χ0) is 22.4. The van der Waals surface area contributed by atoms with Crippen LogP contribution in [0.5, 0.6) is 0 Å². The number of nitrogens with zero attached hydrogens (tertiary/aromatic N) is 3. The van der Waals surface area contributed by atoms with Gasteiger partial charge in [0.15, 0.2) is 5.16 Å². The van der Waals surface area contributed by atoms with Gasteiger partial charge in [0.2, 0.25) is 11.8 Å². The Balaban J connectivity index is 1.59. The number of hydrogen-bond acceptors (Lipinski definition) is 5. The number of carbonyl (C=O) groups is 2. The summed E-state index contributed by atoms with van der Waals surface area (Å²) in [6, 6.07) is 12.7. The fourth-order valence-corrected chi connectivity index (χ4v) is 3.91. The predicted octanol–water partition coefficient (Wildman–Crippen LogP) is 4.48. The number of aromatic nitrogens is 3. The Morgan fingerprint density at radius 1 is 1.03 bits per heavy atom. The number of hydrogen-bond donors (Lipinski definition) is 2. The Morgan fingerprint density at radius 2 is 1.77 bits per heavy atom. The maximum atomic E-state index is 12.4. The Bertz CT molecular complexity index is 1080. The third kappa shape index (κ3) is 6.08. The van der Waals surface area contributed by atoms with Gasteiger partial charge in [0.25, 0.3) is 0 Å². The van der Waals surface area contributed by atoms with Crippen LogP contribution in [0.25, 0.3) is 0 Å². The minimum absolute atomic E-state index is 0.0821. The highest BCUT2D eigenvalue weighted by Crippen LogP contribution is 2.21. The second-order valence-corrected chi connectivity index (χ2v) is 8.34. The molecule has 2 amide bonds. The van der Waals surface area contributed by atoms with Gasteiger partial charge in [-0.1, -0.05) is 35.5 Å². The van der Waals surface area contributed by atoms with Crippen molar-refractivity contribution in [2.75, 3.05) is 16.4 Å². The van der Waals surface area contributed by atoms with Crippen LogP contribution >= 0.6 is 23.4 Å². The third-order valence-corrected chi connectivity index (χ3v) is 5.99. The lowest BCUT2D eigenvalue weighted by Crippen LogP contribution is -2.18. The molecular weight excluding hydrogens is 434 g/mol. The van der Waals surface area contributed by atoms with Gasteiger partial charge < -0.3 is 15.2 Å². The number of thioether (sulfide) groups is 1. The largest absolute Gasteiger partial charge is 0.326 e. The van der Waals surface area contributed by atoms with E-state index in [2.05, 4.69) is 20.8 Å². The van der Waals surface area contributed by atoms with Gasteiger partial charge in [-0.25, -0.2) is 0 Å². The highest BCUT2D eigenvalue weighted by atomic mass is 35.5. The number of halogens is 1. The molecule has 3 rings (SSSR count). The fraction of sp³-hybridized carbons (Fsp3) is 0.273.